The van der Waals surface area contributed by atoms with Crippen LogP contribution in [0.1, 0.15) is 11.1 Å². The van der Waals surface area contributed by atoms with Crippen LogP contribution in [0.15, 0.2) is 36.4 Å². The number of aromatic amines is 1. The predicted octanol–water partition coefficient (Wildman–Crippen LogP) is 4.50. The molecular formula is C15H13ClN2. The van der Waals surface area contributed by atoms with Crippen molar-refractivity contribution in [3.05, 3.63) is 52.5 Å². The molecule has 3 rings (SSSR count). The van der Waals surface area contributed by atoms with Crippen LogP contribution in [0.2, 0.25) is 5.02 Å². The lowest BCUT2D eigenvalue weighted by Crippen LogP contribution is -1.80. The van der Waals surface area contributed by atoms with Gasteiger partial charge in [0.05, 0.1) is 11.0 Å². The average Bonchev–Trinajstić information content (AvgIpc) is 2.73. The third kappa shape index (κ3) is 1.89. The highest BCUT2D eigenvalue weighted by Gasteiger charge is 2.07. The van der Waals surface area contributed by atoms with Crippen molar-refractivity contribution in [3.8, 4) is 11.4 Å². The molecule has 1 N–H and O–H groups in total. The van der Waals surface area contributed by atoms with Crippen molar-refractivity contribution in [2.75, 3.05) is 0 Å². The maximum Gasteiger partial charge on any atom is 0.138 e. The van der Waals surface area contributed by atoms with Crippen LogP contribution >= 0.6 is 11.6 Å². The Bertz CT molecular complexity index is 672. The van der Waals surface area contributed by atoms with Gasteiger partial charge in [0.15, 0.2) is 0 Å². The number of imidazole rings is 1. The second kappa shape index (κ2) is 4.14. The molecule has 0 unspecified atom stereocenters. The van der Waals surface area contributed by atoms with Crippen LogP contribution in [-0.2, 0) is 0 Å². The topological polar surface area (TPSA) is 28.7 Å². The lowest BCUT2D eigenvalue weighted by molar-refractivity contribution is 1.33. The first-order valence-corrected chi connectivity index (χ1v) is 6.24. The number of fused-ring (bicyclic) bond motifs is 1. The second-order valence-corrected chi connectivity index (χ2v) is 4.98. The zero-order chi connectivity index (χ0) is 12.7. The molecule has 18 heavy (non-hydrogen) atoms. The van der Waals surface area contributed by atoms with E-state index in [9.17, 15) is 0 Å². The smallest absolute Gasteiger partial charge is 0.138 e. The van der Waals surface area contributed by atoms with E-state index >= 15 is 0 Å². The van der Waals surface area contributed by atoms with Gasteiger partial charge in [-0.25, -0.2) is 4.98 Å². The molecule has 0 fully saturated rings. The van der Waals surface area contributed by atoms with Crippen LogP contribution in [0.4, 0.5) is 0 Å². The van der Waals surface area contributed by atoms with Gasteiger partial charge < -0.3 is 4.98 Å². The van der Waals surface area contributed by atoms with Crippen molar-refractivity contribution in [3.63, 3.8) is 0 Å². The fourth-order valence-electron chi connectivity index (χ4n) is 1.99. The van der Waals surface area contributed by atoms with E-state index in [1.165, 1.54) is 5.56 Å². The van der Waals surface area contributed by atoms with Crippen LogP contribution in [0, 0.1) is 13.8 Å². The van der Waals surface area contributed by atoms with Crippen molar-refractivity contribution < 1.29 is 0 Å². The van der Waals surface area contributed by atoms with Crippen molar-refractivity contribution in [1.82, 2.24) is 9.97 Å². The zero-order valence-electron chi connectivity index (χ0n) is 10.3. The molecule has 0 aliphatic rings. The molecule has 0 saturated carbocycles. The Hall–Kier alpha value is -1.80. The standard InChI is InChI=1S/C15H13ClN2/c1-9-3-5-11(6-4-9)15-17-13-7-10(2)12(16)8-14(13)18-15/h3-8H,1-2H3,(H,17,18). The number of rotatable bonds is 1. The molecule has 0 spiro atoms. The Morgan fingerprint density at radius 3 is 2.50 bits per heavy atom. The molecule has 0 bridgehead atoms. The minimum atomic E-state index is 0.754. The normalized spacial score (nSPS) is 11.1. The number of H-pyrrole nitrogens is 1. The third-order valence-corrected chi connectivity index (χ3v) is 3.49. The fraction of sp³-hybridized carbons (Fsp3) is 0.133. The summed E-state index contributed by atoms with van der Waals surface area (Å²) in [6, 6.07) is 12.2. The Morgan fingerprint density at radius 1 is 1.06 bits per heavy atom. The SMILES string of the molecule is Cc1ccc(-c2nc3cc(Cl)c(C)cc3[nH]2)cc1. The number of benzene rings is 2. The van der Waals surface area contributed by atoms with E-state index in [1.54, 1.807) is 0 Å². The lowest BCUT2D eigenvalue weighted by Gasteiger charge is -1.96. The van der Waals surface area contributed by atoms with Gasteiger partial charge in [0.1, 0.15) is 5.82 Å². The number of hydrogen-bond acceptors (Lipinski definition) is 1. The van der Waals surface area contributed by atoms with Crippen molar-refractivity contribution in [2.24, 2.45) is 0 Å². The highest BCUT2D eigenvalue weighted by molar-refractivity contribution is 6.32. The number of hydrogen-bond donors (Lipinski definition) is 1. The maximum atomic E-state index is 6.11. The molecule has 0 saturated heterocycles. The summed E-state index contributed by atoms with van der Waals surface area (Å²) >= 11 is 6.11. The first-order valence-electron chi connectivity index (χ1n) is 5.86. The number of halogens is 1. The Morgan fingerprint density at radius 2 is 1.78 bits per heavy atom. The van der Waals surface area contributed by atoms with Gasteiger partial charge in [-0.15, -0.1) is 0 Å². The molecule has 3 aromatic rings. The maximum absolute atomic E-state index is 6.11. The molecule has 2 nitrogen and oxygen atoms in total. The Balaban J connectivity index is 2.16. The number of aryl methyl sites for hydroxylation is 2. The minimum absolute atomic E-state index is 0.754. The molecule has 90 valence electrons. The first-order chi connectivity index (χ1) is 8.63. The van der Waals surface area contributed by atoms with Crippen molar-refractivity contribution in [2.45, 2.75) is 13.8 Å². The van der Waals surface area contributed by atoms with E-state index in [-0.39, 0.29) is 0 Å². The van der Waals surface area contributed by atoms with E-state index in [0.717, 1.165) is 33.0 Å². The third-order valence-electron chi connectivity index (χ3n) is 3.09. The largest absolute Gasteiger partial charge is 0.338 e. The number of nitrogens with one attached hydrogen (secondary N) is 1. The molecule has 3 heteroatoms. The van der Waals surface area contributed by atoms with Gasteiger partial charge in [-0.1, -0.05) is 41.4 Å². The van der Waals surface area contributed by atoms with E-state index in [0.29, 0.717) is 0 Å². The molecule has 0 aliphatic carbocycles. The molecule has 0 aliphatic heterocycles. The second-order valence-electron chi connectivity index (χ2n) is 4.57. The zero-order valence-corrected chi connectivity index (χ0v) is 11.0. The summed E-state index contributed by atoms with van der Waals surface area (Å²) < 4.78 is 0. The van der Waals surface area contributed by atoms with Gasteiger partial charge in [0.2, 0.25) is 0 Å². The van der Waals surface area contributed by atoms with E-state index < -0.39 is 0 Å². The predicted molar refractivity (Wildman–Crippen MR) is 76.0 cm³/mol. The summed E-state index contributed by atoms with van der Waals surface area (Å²) in [5, 5.41) is 0.754. The summed E-state index contributed by atoms with van der Waals surface area (Å²) in [7, 11) is 0. The fourth-order valence-corrected chi connectivity index (χ4v) is 2.15. The van der Waals surface area contributed by atoms with E-state index in [4.69, 9.17) is 11.6 Å². The summed E-state index contributed by atoms with van der Waals surface area (Å²) in [6.07, 6.45) is 0. The Kier molecular flexibility index (Phi) is 2.60. The van der Waals surface area contributed by atoms with Crippen LogP contribution in [0.5, 0.6) is 0 Å². The van der Waals surface area contributed by atoms with Gasteiger partial charge in [-0.3, -0.25) is 0 Å². The van der Waals surface area contributed by atoms with Crippen molar-refractivity contribution in [1.29, 1.82) is 0 Å². The van der Waals surface area contributed by atoms with Gasteiger partial charge in [0, 0.05) is 10.6 Å². The molecule has 1 aromatic heterocycles. The van der Waals surface area contributed by atoms with Crippen LogP contribution in [-0.4, -0.2) is 9.97 Å². The van der Waals surface area contributed by atoms with Crippen LogP contribution < -0.4 is 0 Å². The van der Waals surface area contributed by atoms with Crippen LogP contribution in [0.3, 0.4) is 0 Å². The molecular weight excluding hydrogens is 244 g/mol. The minimum Gasteiger partial charge on any atom is -0.338 e. The van der Waals surface area contributed by atoms with Crippen LogP contribution in [0.25, 0.3) is 22.4 Å². The molecule has 0 radical (unpaired) electrons. The monoisotopic (exact) mass is 256 g/mol. The molecule has 2 aromatic carbocycles. The summed E-state index contributed by atoms with van der Waals surface area (Å²) in [5.41, 5.74) is 5.32. The highest BCUT2D eigenvalue weighted by Crippen LogP contribution is 2.25. The molecule has 1 heterocycles. The molecule has 0 amide bonds. The summed E-state index contributed by atoms with van der Waals surface area (Å²) in [6.45, 7) is 4.07. The summed E-state index contributed by atoms with van der Waals surface area (Å²) in [4.78, 5) is 7.90. The quantitative estimate of drug-likeness (QED) is 0.682. The summed E-state index contributed by atoms with van der Waals surface area (Å²) in [5.74, 6) is 0.881. The van der Waals surface area contributed by atoms with Crippen molar-refractivity contribution >= 4 is 22.6 Å². The van der Waals surface area contributed by atoms with Gasteiger partial charge in [-0.2, -0.15) is 0 Å². The Labute approximate surface area is 111 Å². The van der Waals surface area contributed by atoms with Gasteiger partial charge >= 0.3 is 0 Å². The van der Waals surface area contributed by atoms with Gasteiger partial charge in [-0.05, 0) is 31.5 Å². The number of aromatic nitrogens is 2. The number of nitrogens with zero attached hydrogens (tertiary/aromatic N) is 1. The average molecular weight is 257 g/mol. The first kappa shape index (κ1) is 11.3. The van der Waals surface area contributed by atoms with Gasteiger partial charge in [0.25, 0.3) is 0 Å². The highest BCUT2D eigenvalue weighted by atomic mass is 35.5. The van der Waals surface area contributed by atoms with E-state index in [2.05, 4.69) is 41.2 Å². The van der Waals surface area contributed by atoms with E-state index in [1.807, 2.05) is 19.1 Å². The lowest BCUT2D eigenvalue weighted by atomic mass is 10.1. The molecule has 0 atom stereocenters.